The summed E-state index contributed by atoms with van der Waals surface area (Å²) in [6.07, 6.45) is -0.706. The Balaban J connectivity index is 1.96. The molecule has 0 aliphatic heterocycles. The third-order valence-corrected chi connectivity index (χ3v) is 2.52. The van der Waals surface area contributed by atoms with Crippen molar-refractivity contribution in [1.82, 2.24) is 0 Å². The van der Waals surface area contributed by atoms with Crippen molar-refractivity contribution in [3.05, 3.63) is 60.4 Å². The average molecular weight is 259 g/mol. The highest BCUT2D eigenvalue weighted by Gasteiger charge is 2.14. The first-order valence-electron chi connectivity index (χ1n) is 5.93. The predicted molar refractivity (Wildman–Crippen MR) is 71.6 cm³/mol. The molecule has 0 aliphatic carbocycles. The molecule has 1 amide bonds. The number of hydrogen-bond acceptors (Lipinski definition) is 2. The highest BCUT2D eigenvalue weighted by atomic mass is 19.1. The van der Waals surface area contributed by atoms with Gasteiger partial charge in [0.05, 0.1) is 0 Å². The molecule has 0 aliphatic rings. The Morgan fingerprint density at radius 3 is 2.58 bits per heavy atom. The van der Waals surface area contributed by atoms with Crippen LogP contribution in [-0.4, -0.2) is 12.0 Å². The summed E-state index contributed by atoms with van der Waals surface area (Å²) in [5.74, 6) is -0.348. The molecule has 0 fully saturated rings. The Bertz CT molecular complexity index is 557. The number of ether oxygens (including phenoxy) is 1. The monoisotopic (exact) mass is 259 g/mol. The molecule has 2 aromatic rings. The van der Waals surface area contributed by atoms with E-state index < -0.39 is 11.9 Å². The lowest BCUT2D eigenvalue weighted by molar-refractivity contribution is -0.122. The Hall–Kier alpha value is -2.36. The summed E-state index contributed by atoms with van der Waals surface area (Å²) >= 11 is 0. The van der Waals surface area contributed by atoms with E-state index in [0.717, 1.165) is 0 Å². The largest absolute Gasteiger partial charge is 0.481 e. The molecular weight excluding hydrogens is 245 g/mol. The third kappa shape index (κ3) is 3.81. The number of carbonyl (C=O) groups is 1. The first-order chi connectivity index (χ1) is 9.15. The SMILES string of the molecule is C[C@H](Oc1cccc(F)c1)C(=O)Nc1ccccc1. The first-order valence-corrected chi connectivity index (χ1v) is 5.93. The van der Waals surface area contributed by atoms with Gasteiger partial charge in [0.15, 0.2) is 6.10 Å². The number of hydrogen-bond donors (Lipinski definition) is 1. The van der Waals surface area contributed by atoms with E-state index in [0.29, 0.717) is 11.4 Å². The fourth-order valence-electron chi connectivity index (χ4n) is 1.56. The van der Waals surface area contributed by atoms with Crippen LogP contribution < -0.4 is 10.1 Å². The molecule has 0 saturated carbocycles. The van der Waals surface area contributed by atoms with Crippen LogP contribution >= 0.6 is 0 Å². The van der Waals surface area contributed by atoms with Gasteiger partial charge in [-0.2, -0.15) is 0 Å². The molecule has 2 aromatic carbocycles. The normalized spacial score (nSPS) is 11.7. The van der Waals surface area contributed by atoms with Crippen LogP contribution in [0.4, 0.5) is 10.1 Å². The van der Waals surface area contributed by atoms with Crippen molar-refractivity contribution in [1.29, 1.82) is 0 Å². The number of benzene rings is 2. The van der Waals surface area contributed by atoms with Crippen molar-refractivity contribution in [2.75, 3.05) is 5.32 Å². The molecule has 1 atom stereocenters. The van der Waals surface area contributed by atoms with Crippen LogP contribution in [0.25, 0.3) is 0 Å². The summed E-state index contributed by atoms with van der Waals surface area (Å²) in [6, 6.07) is 14.8. The number of carbonyl (C=O) groups excluding carboxylic acids is 1. The highest BCUT2D eigenvalue weighted by Crippen LogP contribution is 2.14. The Morgan fingerprint density at radius 2 is 1.89 bits per heavy atom. The van der Waals surface area contributed by atoms with Crippen molar-refractivity contribution >= 4 is 11.6 Å². The summed E-state index contributed by atoms with van der Waals surface area (Å²) < 4.78 is 18.4. The number of para-hydroxylation sites is 1. The molecule has 3 nitrogen and oxygen atoms in total. The molecule has 0 heterocycles. The molecule has 0 aromatic heterocycles. The Labute approximate surface area is 111 Å². The molecule has 0 unspecified atom stereocenters. The molecule has 0 saturated heterocycles. The van der Waals surface area contributed by atoms with Crippen molar-refractivity contribution in [2.45, 2.75) is 13.0 Å². The lowest BCUT2D eigenvalue weighted by Gasteiger charge is -2.14. The molecule has 1 N–H and O–H groups in total. The zero-order valence-corrected chi connectivity index (χ0v) is 10.5. The molecule has 2 rings (SSSR count). The fraction of sp³-hybridized carbons (Fsp3) is 0.133. The van der Waals surface area contributed by atoms with Crippen molar-refractivity contribution in [2.24, 2.45) is 0 Å². The Morgan fingerprint density at radius 1 is 1.16 bits per heavy atom. The second-order valence-corrected chi connectivity index (χ2v) is 4.07. The highest BCUT2D eigenvalue weighted by molar-refractivity contribution is 5.94. The summed E-state index contributed by atoms with van der Waals surface area (Å²) in [5, 5.41) is 2.72. The minimum atomic E-state index is -0.706. The molecule has 19 heavy (non-hydrogen) atoms. The van der Waals surface area contributed by atoms with E-state index >= 15 is 0 Å². The van der Waals surface area contributed by atoms with Crippen LogP contribution in [0.3, 0.4) is 0 Å². The molecule has 0 radical (unpaired) electrons. The van der Waals surface area contributed by atoms with Gasteiger partial charge in [-0.25, -0.2) is 4.39 Å². The van der Waals surface area contributed by atoms with Gasteiger partial charge in [-0.3, -0.25) is 4.79 Å². The molecule has 0 bridgehead atoms. The second kappa shape index (κ2) is 6.00. The summed E-state index contributed by atoms with van der Waals surface area (Å²) in [6.45, 7) is 1.61. The van der Waals surface area contributed by atoms with Gasteiger partial charge >= 0.3 is 0 Å². The van der Waals surface area contributed by atoms with Crippen LogP contribution in [0.15, 0.2) is 54.6 Å². The van der Waals surface area contributed by atoms with Gasteiger partial charge in [0.2, 0.25) is 0 Å². The number of nitrogens with one attached hydrogen (secondary N) is 1. The molecule has 98 valence electrons. The summed E-state index contributed by atoms with van der Waals surface area (Å²) in [4.78, 5) is 11.9. The topological polar surface area (TPSA) is 38.3 Å². The maximum atomic E-state index is 13.0. The van der Waals surface area contributed by atoms with Gasteiger partial charge in [0.1, 0.15) is 11.6 Å². The van der Waals surface area contributed by atoms with E-state index in [1.165, 1.54) is 18.2 Å². The minimum absolute atomic E-state index is 0.282. The van der Waals surface area contributed by atoms with Gasteiger partial charge in [0.25, 0.3) is 5.91 Å². The zero-order valence-electron chi connectivity index (χ0n) is 10.5. The van der Waals surface area contributed by atoms with Crippen molar-refractivity contribution in [3.63, 3.8) is 0 Å². The Kier molecular flexibility index (Phi) is 4.13. The molecule has 0 spiro atoms. The van der Waals surface area contributed by atoms with E-state index in [1.54, 1.807) is 25.1 Å². The number of amides is 1. The lowest BCUT2D eigenvalue weighted by Crippen LogP contribution is -2.30. The van der Waals surface area contributed by atoms with Crippen LogP contribution in [0, 0.1) is 5.82 Å². The van der Waals surface area contributed by atoms with E-state index in [1.807, 2.05) is 18.2 Å². The predicted octanol–water partition coefficient (Wildman–Crippen LogP) is 3.23. The molecular formula is C15H14FNO2. The van der Waals surface area contributed by atoms with Gasteiger partial charge < -0.3 is 10.1 Å². The smallest absolute Gasteiger partial charge is 0.265 e. The lowest BCUT2D eigenvalue weighted by atomic mass is 10.3. The van der Waals surface area contributed by atoms with E-state index in [-0.39, 0.29) is 5.91 Å². The average Bonchev–Trinajstić information content (AvgIpc) is 2.40. The number of rotatable bonds is 4. The summed E-state index contributed by atoms with van der Waals surface area (Å²) in [7, 11) is 0. The second-order valence-electron chi connectivity index (χ2n) is 4.07. The quantitative estimate of drug-likeness (QED) is 0.915. The van der Waals surface area contributed by atoms with Gasteiger partial charge in [0, 0.05) is 11.8 Å². The van der Waals surface area contributed by atoms with Crippen molar-refractivity contribution < 1.29 is 13.9 Å². The molecule has 4 heteroatoms. The van der Waals surface area contributed by atoms with Gasteiger partial charge in [-0.1, -0.05) is 24.3 Å². The number of halogens is 1. The number of anilines is 1. The van der Waals surface area contributed by atoms with Crippen LogP contribution in [0.1, 0.15) is 6.92 Å². The standard InChI is InChI=1S/C15H14FNO2/c1-11(19-14-9-5-6-12(16)10-14)15(18)17-13-7-3-2-4-8-13/h2-11H,1H3,(H,17,18)/t11-/m0/s1. The van der Waals surface area contributed by atoms with Gasteiger partial charge in [-0.15, -0.1) is 0 Å². The maximum absolute atomic E-state index is 13.0. The third-order valence-electron chi connectivity index (χ3n) is 2.52. The van der Waals surface area contributed by atoms with Gasteiger partial charge in [-0.05, 0) is 31.2 Å². The van der Waals surface area contributed by atoms with Crippen molar-refractivity contribution in [3.8, 4) is 5.75 Å². The first kappa shape index (κ1) is 13.1. The van der Waals surface area contributed by atoms with E-state index in [4.69, 9.17) is 4.74 Å². The fourth-order valence-corrected chi connectivity index (χ4v) is 1.56. The van der Waals surface area contributed by atoms with Crippen LogP contribution in [0.2, 0.25) is 0 Å². The minimum Gasteiger partial charge on any atom is -0.481 e. The van der Waals surface area contributed by atoms with E-state index in [9.17, 15) is 9.18 Å². The van der Waals surface area contributed by atoms with E-state index in [2.05, 4.69) is 5.32 Å². The zero-order chi connectivity index (χ0) is 13.7. The van der Waals surface area contributed by atoms with Crippen LogP contribution in [-0.2, 0) is 4.79 Å². The maximum Gasteiger partial charge on any atom is 0.265 e. The van der Waals surface area contributed by atoms with Crippen LogP contribution in [0.5, 0.6) is 5.75 Å². The summed E-state index contributed by atoms with van der Waals surface area (Å²) in [5.41, 5.74) is 0.696.